The zero-order chi connectivity index (χ0) is 16.4. The second-order valence-electron chi connectivity index (χ2n) is 5.55. The summed E-state index contributed by atoms with van der Waals surface area (Å²) in [6.45, 7) is 6.58. The van der Waals surface area contributed by atoms with E-state index in [0.29, 0.717) is 0 Å². The van der Waals surface area contributed by atoms with E-state index in [4.69, 9.17) is 9.84 Å². The van der Waals surface area contributed by atoms with Gasteiger partial charge in [-0.1, -0.05) is 0 Å². The Morgan fingerprint density at radius 1 is 1.24 bits per heavy atom. The Hall–Kier alpha value is -2.06. The average Bonchev–Trinajstić information content (AvgIpc) is 2.28. The molecule has 0 aromatic heterocycles. The van der Waals surface area contributed by atoms with E-state index in [2.05, 4.69) is 5.32 Å². The van der Waals surface area contributed by atoms with Gasteiger partial charge in [0, 0.05) is 5.69 Å². The van der Waals surface area contributed by atoms with Crippen LogP contribution in [0.3, 0.4) is 0 Å². The van der Waals surface area contributed by atoms with Gasteiger partial charge in [-0.05, 0) is 50.9 Å². The minimum absolute atomic E-state index is 0.0379. The van der Waals surface area contributed by atoms with Crippen LogP contribution in [0.25, 0.3) is 0 Å². The first-order valence-corrected chi connectivity index (χ1v) is 6.25. The van der Waals surface area contributed by atoms with Gasteiger partial charge >= 0.3 is 19.2 Å². The van der Waals surface area contributed by atoms with Crippen molar-refractivity contribution in [3.8, 4) is 0 Å². The average molecular weight is 295 g/mol. The van der Waals surface area contributed by atoms with E-state index >= 15 is 0 Å². The zero-order valence-corrected chi connectivity index (χ0v) is 12.3. The first-order chi connectivity index (χ1) is 9.51. The van der Waals surface area contributed by atoms with Gasteiger partial charge in [-0.3, -0.25) is 5.32 Å². The predicted octanol–water partition coefficient (Wildman–Crippen LogP) is 0.720. The Morgan fingerprint density at radius 2 is 1.81 bits per heavy atom. The summed E-state index contributed by atoms with van der Waals surface area (Å²) in [5, 5.41) is 29.9. The Bertz CT molecular complexity index is 565. The first-order valence-electron chi connectivity index (χ1n) is 6.25. The SMILES string of the molecule is Cc1c(NC(=O)OC(C)(C)C)cc(B(O)O)cc1C(=O)O. The van der Waals surface area contributed by atoms with Gasteiger partial charge in [0.2, 0.25) is 0 Å². The fourth-order valence-corrected chi connectivity index (χ4v) is 1.65. The number of amides is 1. The normalized spacial score (nSPS) is 11.0. The molecule has 4 N–H and O–H groups in total. The number of aromatic carboxylic acids is 1. The van der Waals surface area contributed by atoms with Gasteiger partial charge in [0.25, 0.3) is 0 Å². The molecule has 1 aromatic rings. The number of rotatable bonds is 3. The summed E-state index contributed by atoms with van der Waals surface area (Å²) in [6, 6.07) is 2.43. The molecule has 8 heteroatoms. The molecular formula is C13H18BNO6. The topological polar surface area (TPSA) is 116 Å². The van der Waals surface area contributed by atoms with Crippen LogP contribution in [0.4, 0.5) is 10.5 Å². The molecule has 0 bridgehead atoms. The van der Waals surface area contributed by atoms with E-state index < -0.39 is 24.8 Å². The van der Waals surface area contributed by atoms with Crippen LogP contribution in [0.2, 0.25) is 0 Å². The van der Waals surface area contributed by atoms with Crippen molar-refractivity contribution in [1.82, 2.24) is 0 Å². The Morgan fingerprint density at radius 3 is 2.24 bits per heavy atom. The molecule has 0 spiro atoms. The summed E-state index contributed by atoms with van der Waals surface area (Å²) in [4.78, 5) is 22.9. The maximum absolute atomic E-state index is 11.7. The predicted molar refractivity (Wildman–Crippen MR) is 77.8 cm³/mol. The Balaban J connectivity index is 3.17. The largest absolute Gasteiger partial charge is 0.488 e. The van der Waals surface area contributed by atoms with Crippen LogP contribution in [0, 0.1) is 6.92 Å². The number of hydrogen-bond donors (Lipinski definition) is 4. The molecule has 7 nitrogen and oxygen atoms in total. The van der Waals surface area contributed by atoms with Crippen LogP contribution < -0.4 is 10.8 Å². The minimum Gasteiger partial charge on any atom is -0.478 e. The van der Waals surface area contributed by atoms with E-state index in [0.717, 1.165) is 6.07 Å². The lowest BCUT2D eigenvalue weighted by atomic mass is 9.78. The fourth-order valence-electron chi connectivity index (χ4n) is 1.65. The van der Waals surface area contributed by atoms with Crippen molar-refractivity contribution < 1.29 is 29.5 Å². The molecule has 114 valence electrons. The van der Waals surface area contributed by atoms with Crippen molar-refractivity contribution in [3.63, 3.8) is 0 Å². The summed E-state index contributed by atoms with van der Waals surface area (Å²) >= 11 is 0. The molecule has 21 heavy (non-hydrogen) atoms. The summed E-state index contributed by atoms with van der Waals surface area (Å²) in [5.41, 5.74) is -0.442. The van der Waals surface area contributed by atoms with Crippen molar-refractivity contribution in [2.45, 2.75) is 33.3 Å². The molecule has 0 saturated carbocycles. The fraction of sp³-hybridized carbons (Fsp3) is 0.385. The second-order valence-corrected chi connectivity index (χ2v) is 5.55. The van der Waals surface area contributed by atoms with Crippen molar-refractivity contribution >= 4 is 30.3 Å². The molecular weight excluding hydrogens is 277 g/mol. The maximum atomic E-state index is 11.7. The van der Waals surface area contributed by atoms with E-state index in [1.807, 2.05) is 0 Å². The van der Waals surface area contributed by atoms with Crippen molar-refractivity contribution in [2.24, 2.45) is 0 Å². The number of carboxylic acid groups (broad SMARTS) is 1. The molecule has 0 unspecified atom stereocenters. The van der Waals surface area contributed by atoms with Gasteiger partial charge < -0.3 is 19.9 Å². The quantitative estimate of drug-likeness (QED) is 0.611. The smallest absolute Gasteiger partial charge is 0.478 e. The summed E-state index contributed by atoms with van der Waals surface area (Å²) < 4.78 is 5.07. The molecule has 0 aliphatic heterocycles. The molecule has 1 aromatic carbocycles. The Labute approximate surface area is 122 Å². The first kappa shape index (κ1) is 17.0. The number of nitrogens with one attached hydrogen (secondary N) is 1. The minimum atomic E-state index is -1.84. The Kier molecular flexibility index (Phi) is 4.98. The van der Waals surface area contributed by atoms with Crippen LogP contribution >= 0.6 is 0 Å². The lowest BCUT2D eigenvalue weighted by Crippen LogP contribution is -2.32. The van der Waals surface area contributed by atoms with Crippen molar-refractivity contribution in [2.75, 3.05) is 5.32 Å². The number of ether oxygens (including phenoxy) is 1. The van der Waals surface area contributed by atoms with Gasteiger partial charge in [-0.15, -0.1) is 0 Å². The molecule has 0 heterocycles. The highest BCUT2D eigenvalue weighted by Crippen LogP contribution is 2.19. The lowest BCUT2D eigenvalue weighted by molar-refractivity contribution is 0.0632. The van der Waals surface area contributed by atoms with Crippen LogP contribution in [0.5, 0.6) is 0 Å². The third-order valence-corrected chi connectivity index (χ3v) is 2.59. The maximum Gasteiger partial charge on any atom is 0.488 e. The summed E-state index contributed by atoms with van der Waals surface area (Å²) in [5.74, 6) is -1.23. The highest BCUT2D eigenvalue weighted by molar-refractivity contribution is 6.58. The van der Waals surface area contributed by atoms with Crippen LogP contribution in [0.1, 0.15) is 36.7 Å². The number of anilines is 1. The monoisotopic (exact) mass is 295 g/mol. The molecule has 0 aliphatic carbocycles. The number of hydrogen-bond acceptors (Lipinski definition) is 5. The van der Waals surface area contributed by atoms with E-state index in [-0.39, 0.29) is 22.3 Å². The number of carbonyl (C=O) groups is 2. The van der Waals surface area contributed by atoms with Crippen molar-refractivity contribution in [1.29, 1.82) is 0 Å². The van der Waals surface area contributed by atoms with Crippen LogP contribution in [0.15, 0.2) is 12.1 Å². The summed E-state index contributed by atoms with van der Waals surface area (Å²) in [6.07, 6.45) is -0.758. The van der Waals surface area contributed by atoms with E-state index in [1.54, 1.807) is 20.8 Å². The number of carboxylic acids is 1. The second kappa shape index (κ2) is 6.15. The lowest BCUT2D eigenvalue weighted by Gasteiger charge is -2.20. The van der Waals surface area contributed by atoms with Gasteiger partial charge in [-0.2, -0.15) is 0 Å². The highest BCUT2D eigenvalue weighted by Gasteiger charge is 2.22. The van der Waals surface area contributed by atoms with Gasteiger partial charge in [0.1, 0.15) is 5.60 Å². The molecule has 0 aliphatic rings. The van der Waals surface area contributed by atoms with E-state index in [9.17, 15) is 19.6 Å². The molecule has 0 saturated heterocycles. The van der Waals surface area contributed by atoms with E-state index in [1.165, 1.54) is 13.0 Å². The number of benzene rings is 1. The molecule has 0 atom stereocenters. The zero-order valence-electron chi connectivity index (χ0n) is 12.3. The highest BCUT2D eigenvalue weighted by atomic mass is 16.6. The van der Waals surface area contributed by atoms with Gasteiger partial charge in [0.15, 0.2) is 0 Å². The van der Waals surface area contributed by atoms with Crippen LogP contribution in [-0.2, 0) is 4.74 Å². The molecule has 1 amide bonds. The standard InChI is InChI=1S/C13H18BNO6/c1-7-9(11(16)17)5-8(14(19)20)6-10(7)15-12(18)21-13(2,3)4/h5-6,19-20H,1-4H3,(H,15,18)(H,16,17). The molecule has 0 radical (unpaired) electrons. The summed E-state index contributed by atoms with van der Waals surface area (Å²) in [7, 11) is -1.84. The molecule has 0 fully saturated rings. The van der Waals surface area contributed by atoms with Crippen molar-refractivity contribution in [3.05, 3.63) is 23.3 Å². The third-order valence-electron chi connectivity index (χ3n) is 2.59. The van der Waals surface area contributed by atoms with Crippen LogP contribution in [-0.4, -0.2) is 39.9 Å². The van der Waals surface area contributed by atoms with Gasteiger partial charge in [-0.25, -0.2) is 9.59 Å². The molecule has 1 rings (SSSR count). The van der Waals surface area contributed by atoms with Gasteiger partial charge in [0.05, 0.1) is 5.56 Å². The third kappa shape index (κ3) is 4.76. The number of carbonyl (C=O) groups excluding carboxylic acids is 1.